The Balaban J connectivity index is 2.01. The third-order valence-corrected chi connectivity index (χ3v) is 4.03. The molecular weight excluding hydrogens is 264 g/mol. The zero-order chi connectivity index (χ0) is 13.9. The van der Waals surface area contributed by atoms with Gasteiger partial charge in [0.05, 0.1) is 18.0 Å². The van der Waals surface area contributed by atoms with Crippen LogP contribution in [0.1, 0.15) is 22.6 Å². The van der Waals surface area contributed by atoms with Crippen molar-refractivity contribution in [3.8, 4) is 0 Å². The number of benzene rings is 1. The summed E-state index contributed by atoms with van der Waals surface area (Å²) in [6, 6.07) is 7.44. The lowest BCUT2D eigenvalue weighted by Crippen LogP contribution is -2.24. The zero-order valence-electron chi connectivity index (χ0n) is 10.9. The highest BCUT2D eigenvalue weighted by Crippen LogP contribution is 2.09. The molecule has 5 nitrogen and oxygen atoms in total. The summed E-state index contributed by atoms with van der Waals surface area (Å²) in [5.74, 6) is 0.495. The minimum absolute atomic E-state index is 0.0398. The fourth-order valence-electron chi connectivity index (χ4n) is 1.74. The Morgan fingerprint density at radius 3 is 2.74 bits per heavy atom. The number of rotatable bonds is 5. The van der Waals surface area contributed by atoms with Crippen molar-refractivity contribution in [3.05, 3.63) is 53.2 Å². The van der Waals surface area contributed by atoms with Crippen molar-refractivity contribution < 1.29 is 12.8 Å². The zero-order valence-corrected chi connectivity index (χ0v) is 11.7. The largest absolute Gasteiger partial charge is 0.447 e. The summed E-state index contributed by atoms with van der Waals surface area (Å²) in [7, 11) is -3.38. The first-order chi connectivity index (χ1) is 8.96. The van der Waals surface area contributed by atoms with Crippen molar-refractivity contribution in [2.45, 2.75) is 26.1 Å². The molecule has 0 radical (unpaired) electrons. The van der Waals surface area contributed by atoms with Crippen LogP contribution in [-0.2, 0) is 22.3 Å². The second kappa shape index (κ2) is 5.54. The molecule has 0 fully saturated rings. The molecule has 0 bridgehead atoms. The maximum atomic E-state index is 11.9. The Morgan fingerprint density at radius 1 is 1.32 bits per heavy atom. The molecule has 0 aliphatic heterocycles. The van der Waals surface area contributed by atoms with E-state index in [1.165, 1.54) is 6.39 Å². The van der Waals surface area contributed by atoms with Crippen LogP contribution in [0.4, 0.5) is 0 Å². The normalized spacial score (nSPS) is 11.7. The molecule has 0 aliphatic carbocycles. The van der Waals surface area contributed by atoms with Gasteiger partial charge in [-0.25, -0.2) is 18.1 Å². The first-order valence-electron chi connectivity index (χ1n) is 5.88. The third kappa shape index (κ3) is 3.90. The maximum absolute atomic E-state index is 11.9. The minimum Gasteiger partial charge on any atom is -0.447 e. The van der Waals surface area contributed by atoms with Crippen molar-refractivity contribution in [2.24, 2.45) is 0 Å². The van der Waals surface area contributed by atoms with Gasteiger partial charge in [-0.05, 0) is 19.4 Å². The van der Waals surface area contributed by atoms with E-state index in [0.29, 0.717) is 11.5 Å². The van der Waals surface area contributed by atoms with E-state index in [1.807, 2.05) is 25.1 Å². The van der Waals surface area contributed by atoms with Gasteiger partial charge < -0.3 is 4.42 Å². The molecule has 2 aromatic rings. The molecule has 6 heteroatoms. The van der Waals surface area contributed by atoms with Crippen molar-refractivity contribution >= 4 is 10.0 Å². The van der Waals surface area contributed by atoms with Gasteiger partial charge in [0.15, 0.2) is 6.39 Å². The van der Waals surface area contributed by atoms with Gasteiger partial charge in [-0.2, -0.15) is 0 Å². The van der Waals surface area contributed by atoms with Gasteiger partial charge in [-0.1, -0.05) is 29.8 Å². The lowest BCUT2D eigenvalue weighted by atomic mass is 10.2. The molecule has 19 heavy (non-hydrogen) atoms. The van der Waals surface area contributed by atoms with Crippen LogP contribution in [0.2, 0.25) is 0 Å². The highest BCUT2D eigenvalue weighted by atomic mass is 32.2. The van der Waals surface area contributed by atoms with Crippen LogP contribution >= 0.6 is 0 Å². The van der Waals surface area contributed by atoms with Crippen LogP contribution in [-0.4, -0.2) is 13.4 Å². The molecule has 1 N–H and O–H groups in total. The second-order valence-corrected chi connectivity index (χ2v) is 6.24. The topological polar surface area (TPSA) is 72.2 Å². The smallest absolute Gasteiger partial charge is 0.216 e. The van der Waals surface area contributed by atoms with Crippen LogP contribution in [0.15, 0.2) is 35.1 Å². The number of aryl methyl sites for hydroxylation is 2. The van der Waals surface area contributed by atoms with E-state index in [0.717, 1.165) is 11.1 Å². The number of nitrogens with zero attached hydrogens (tertiary/aromatic N) is 1. The van der Waals surface area contributed by atoms with E-state index in [2.05, 4.69) is 9.71 Å². The van der Waals surface area contributed by atoms with Crippen LogP contribution in [0, 0.1) is 13.8 Å². The van der Waals surface area contributed by atoms with Crippen LogP contribution in [0.5, 0.6) is 0 Å². The van der Waals surface area contributed by atoms with E-state index in [-0.39, 0.29) is 12.3 Å². The van der Waals surface area contributed by atoms with E-state index >= 15 is 0 Å². The molecule has 102 valence electrons. The van der Waals surface area contributed by atoms with Crippen molar-refractivity contribution in [1.29, 1.82) is 0 Å². The number of sulfonamides is 1. The Bertz CT molecular complexity index is 662. The molecule has 0 spiro atoms. The standard InChI is InChI=1S/C13H16N2O3S/c1-10-4-3-5-12(6-10)8-19(16,17)15-7-13-11(2)14-9-18-13/h3-6,9,15H,7-8H2,1-2H3. The third-order valence-electron chi connectivity index (χ3n) is 2.74. The lowest BCUT2D eigenvalue weighted by Gasteiger charge is -2.06. The van der Waals surface area contributed by atoms with Gasteiger partial charge in [0, 0.05) is 0 Å². The molecule has 0 atom stereocenters. The van der Waals surface area contributed by atoms with E-state index in [4.69, 9.17) is 4.42 Å². The molecule has 0 saturated heterocycles. The fraction of sp³-hybridized carbons (Fsp3) is 0.308. The summed E-state index contributed by atoms with van der Waals surface area (Å²) < 4.78 is 31.5. The molecule has 0 saturated carbocycles. The van der Waals surface area contributed by atoms with Crippen LogP contribution in [0.3, 0.4) is 0 Å². The summed E-state index contributed by atoms with van der Waals surface area (Å²) in [5.41, 5.74) is 2.50. The van der Waals surface area contributed by atoms with Crippen molar-refractivity contribution in [1.82, 2.24) is 9.71 Å². The van der Waals surface area contributed by atoms with E-state index in [9.17, 15) is 8.42 Å². The van der Waals surface area contributed by atoms with E-state index < -0.39 is 10.0 Å². The van der Waals surface area contributed by atoms with Gasteiger partial charge in [0.25, 0.3) is 0 Å². The summed E-state index contributed by atoms with van der Waals surface area (Å²) >= 11 is 0. The Kier molecular flexibility index (Phi) is 4.01. The molecule has 0 aliphatic rings. The predicted molar refractivity (Wildman–Crippen MR) is 71.9 cm³/mol. The van der Waals surface area contributed by atoms with Crippen LogP contribution in [0.25, 0.3) is 0 Å². The average Bonchev–Trinajstić information content (AvgIpc) is 2.72. The SMILES string of the molecule is Cc1cccc(CS(=O)(=O)NCc2ocnc2C)c1. The van der Waals surface area contributed by atoms with Gasteiger partial charge in [-0.3, -0.25) is 0 Å². The molecule has 1 aromatic carbocycles. The highest BCUT2D eigenvalue weighted by Gasteiger charge is 2.13. The molecular formula is C13H16N2O3S. The summed E-state index contributed by atoms with van der Waals surface area (Å²) in [6.45, 7) is 3.83. The highest BCUT2D eigenvalue weighted by molar-refractivity contribution is 7.88. The number of oxazole rings is 1. The van der Waals surface area contributed by atoms with Gasteiger partial charge in [0.1, 0.15) is 5.76 Å². The van der Waals surface area contributed by atoms with Gasteiger partial charge >= 0.3 is 0 Å². The summed E-state index contributed by atoms with van der Waals surface area (Å²) in [6.07, 6.45) is 1.31. The number of aromatic nitrogens is 1. The summed E-state index contributed by atoms with van der Waals surface area (Å²) in [4.78, 5) is 3.91. The molecule has 0 amide bonds. The Hall–Kier alpha value is -1.66. The second-order valence-electron chi connectivity index (χ2n) is 4.43. The number of hydrogen-bond acceptors (Lipinski definition) is 4. The number of nitrogens with one attached hydrogen (secondary N) is 1. The first kappa shape index (κ1) is 13.8. The van der Waals surface area contributed by atoms with E-state index in [1.54, 1.807) is 13.0 Å². The number of hydrogen-bond donors (Lipinski definition) is 1. The Labute approximate surface area is 112 Å². The maximum Gasteiger partial charge on any atom is 0.216 e. The van der Waals surface area contributed by atoms with Crippen molar-refractivity contribution in [3.63, 3.8) is 0 Å². The molecule has 1 heterocycles. The molecule has 2 rings (SSSR count). The molecule has 1 aromatic heterocycles. The first-order valence-corrected chi connectivity index (χ1v) is 7.53. The predicted octanol–water partition coefficient (Wildman–Crippen LogP) is 1.91. The lowest BCUT2D eigenvalue weighted by molar-refractivity contribution is 0.492. The van der Waals surface area contributed by atoms with Gasteiger partial charge in [0.2, 0.25) is 10.0 Å². The minimum atomic E-state index is -3.38. The Morgan fingerprint density at radius 2 is 2.11 bits per heavy atom. The fourth-order valence-corrected chi connectivity index (χ4v) is 2.82. The van der Waals surface area contributed by atoms with Gasteiger partial charge in [-0.15, -0.1) is 0 Å². The average molecular weight is 280 g/mol. The summed E-state index contributed by atoms with van der Waals surface area (Å²) in [5, 5.41) is 0. The van der Waals surface area contributed by atoms with Crippen LogP contribution < -0.4 is 4.72 Å². The van der Waals surface area contributed by atoms with Crippen molar-refractivity contribution in [2.75, 3.05) is 0 Å². The molecule has 0 unspecified atom stereocenters. The quantitative estimate of drug-likeness (QED) is 0.908. The monoisotopic (exact) mass is 280 g/mol.